The minimum absolute atomic E-state index is 0.190. The zero-order valence-electron chi connectivity index (χ0n) is 11.6. The Labute approximate surface area is 119 Å². The fourth-order valence-corrected chi connectivity index (χ4v) is 2.65. The van der Waals surface area contributed by atoms with E-state index in [9.17, 15) is 4.39 Å². The Hall–Kier alpha value is -0.800. The Morgan fingerprint density at radius 3 is 3.00 bits per heavy atom. The minimum atomic E-state index is -0.337. The highest BCUT2D eigenvalue weighted by atomic mass is 35.5. The third kappa shape index (κ3) is 3.61. The van der Waals surface area contributed by atoms with E-state index in [2.05, 4.69) is 24.1 Å². The Morgan fingerprint density at radius 1 is 1.53 bits per heavy atom. The van der Waals surface area contributed by atoms with Crippen LogP contribution < -0.4 is 10.2 Å². The fraction of sp³-hybridized carbons (Fsp3) is 0.600. The van der Waals surface area contributed by atoms with Crippen LogP contribution in [0.2, 0.25) is 5.02 Å². The maximum absolute atomic E-state index is 13.6. The highest BCUT2D eigenvalue weighted by Crippen LogP contribution is 2.24. The number of hydrogen-bond acceptors (Lipinski definition) is 2. The predicted molar refractivity (Wildman–Crippen MR) is 79.5 cm³/mol. The number of hydrogen-bond donors (Lipinski definition) is 1. The minimum Gasteiger partial charge on any atom is -0.370 e. The maximum Gasteiger partial charge on any atom is 0.143 e. The number of halogens is 2. The van der Waals surface area contributed by atoms with Crippen molar-refractivity contribution in [1.29, 1.82) is 0 Å². The van der Waals surface area contributed by atoms with E-state index in [1.807, 2.05) is 6.07 Å². The zero-order chi connectivity index (χ0) is 13.8. The van der Waals surface area contributed by atoms with Crippen molar-refractivity contribution in [2.45, 2.75) is 32.7 Å². The first kappa shape index (κ1) is 14.6. The molecule has 2 unspecified atom stereocenters. The lowest BCUT2D eigenvalue weighted by Crippen LogP contribution is -2.42. The van der Waals surface area contributed by atoms with E-state index < -0.39 is 0 Å². The Morgan fingerprint density at radius 2 is 2.32 bits per heavy atom. The van der Waals surface area contributed by atoms with Crippen LogP contribution >= 0.6 is 11.6 Å². The lowest BCUT2D eigenvalue weighted by molar-refractivity contribution is 0.384. The van der Waals surface area contributed by atoms with Crippen molar-refractivity contribution in [3.63, 3.8) is 0 Å². The van der Waals surface area contributed by atoms with Crippen molar-refractivity contribution < 1.29 is 4.39 Å². The summed E-state index contributed by atoms with van der Waals surface area (Å²) in [5.41, 5.74) is 0.930. The summed E-state index contributed by atoms with van der Waals surface area (Å²) in [6, 6.07) is 5.56. The van der Waals surface area contributed by atoms with Gasteiger partial charge in [0.15, 0.2) is 0 Å². The average Bonchev–Trinajstić information content (AvgIpc) is 2.67. The van der Waals surface area contributed by atoms with Crippen LogP contribution in [0.5, 0.6) is 0 Å². The van der Waals surface area contributed by atoms with E-state index in [1.165, 1.54) is 0 Å². The van der Waals surface area contributed by atoms with Crippen LogP contribution in [0.4, 0.5) is 10.1 Å². The summed E-state index contributed by atoms with van der Waals surface area (Å²) in [6.45, 7) is 7.39. The van der Waals surface area contributed by atoms with Gasteiger partial charge in [0.05, 0.1) is 5.02 Å². The molecule has 2 atom stereocenters. The van der Waals surface area contributed by atoms with Gasteiger partial charge in [-0.05, 0) is 37.1 Å². The summed E-state index contributed by atoms with van der Waals surface area (Å²) >= 11 is 5.75. The largest absolute Gasteiger partial charge is 0.370 e. The van der Waals surface area contributed by atoms with Crippen LogP contribution in [0.15, 0.2) is 18.2 Å². The molecule has 1 aliphatic rings. The van der Waals surface area contributed by atoms with Crippen molar-refractivity contribution in [3.05, 3.63) is 29.0 Å². The van der Waals surface area contributed by atoms with E-state index in [4.69, 9.17) is 11.6 Å². The van der Waals surface area contributed by atoms with Gasteiger partial charge in [0.1, 0.15) is 5.82 Å². The van der Waals surface area contributed by atoms with Crippen LogP contribution in [0.1, 0.15) is 26.7 Å². The molecule has 1 aliphatic heterocycles. The lowest BCUT2D eigenvalue weighted by atomic mass is 9.99. The molecule has 1 aromatic carbocycles. The van der Waals surface area contributed by atoms with Crippen molar-refractivity contribution in [2.24, 2.45) is 5.92 Å². The number of benzene rings is 1. The smallest absolute Gasteiger partial charge is 0.143 e. The second-order valence-electron chi connectivity index (χ2n) is 5.34. The topological polar surface area (TPSA) is 15.3 Å². The molecule has 0 saturated carbocycles. The third-order valence-electron chi connectivity index (χ3n) is 4.03. The molecule has 1 heterocycles. The normalized spacial score (nSPS) is 22.1. The zero-order valence-corrected chi connectivity index (χ0v) is 12.4. The van der Waals surface area contributed by atoms with Gasteiger partial charge in [0.2, 0.25) is 0 Å². The molecule has 0 aromatic heterocycles. The van der Waals surface area contributed by atoms with Crippen molar-refractivity contribution in [3.8, 4) is 0 Å². The molecule has 1 fully saturated rings. The van der Waals surface area contributed by atoms with Gasteiger partial charge in [-0.1, -0.05) is 31.9 Å². The molecule has 0 aliphatic carbocycles. The molecule has 0 radical (unpaired) electrons. The molecule has 0 amide bonds. The molecule has 19 heavy (non-hydrogen) atoms. The second-order valence-corrected chi connectivity index (χ2v) is 5.75. The maximum atomic E-state index is 13.6. The van der Waals surface area contributed by atoms with Crippen LogP contribution in [0, 0.1) is 11.7 Å². The summed E-state index contributed by atoms with van der Waals surface area (Å²) in [7, 11) is 0. The van der Waals surface area contributed by atoms with Gasteiger partial charge in [0, 0.05) is 24.8 Å². The summed E-state index contributed by atoms with van der Waals surface area (Å²) in [4.78, 5) is 2.26. The highest BCUT2D eigenvalue weighted by molar-refractivity contribution is 6.30. The molecule has 0 bridgehead atoms. The van der Waals surface area contributed by atoms with Gasteiger partial charge in [-0.2, -0.15) is 0 Å². The quantitative estimate of drug-likeness (QED) is 0.911. The molecule has 106 valence electrons. The van der Waals surface area contributed by atoms with E-state index in [0.717, 1.165) is 38.2 Å². The molecule has 1 saturated heterocycles. The summed E-state index contributed by atoms with van der Waals surface area (Å²) in [5, 5.41) is 3.79. The van der Waals surface area contributed by atoms with Crippen molar-refractivity contribution in [2.75, 3.05) is 24.5 Å². The number of nitrogens with zero attached hydrogens (tertiary/aromatic N) is 1. The van der Waals surface area contributed by atoms with Gasteiger partial charge >= 0.3 is 0 Å². The second kappa shape index (κ2) is 6.58. The SMILES string of the molecule is CCC(C)C1CN(c2ccc(Cl)c(F)c2)CCCN1. The van der Waals surface area contributed by atoms with E-state index in [-0.39, 0.29) is 10.8 Å². The summed E-state index contributed by atoms with van der Waals surface area (Å²) in [5.74, 6) is 0.286. The van der Waals surface area contributed by atoms with Crippen molar-refractivity contribution in [1.82, 2.24) is 5.32 Å². The molecular weight excluding hydrogens is 263 g/mol. The summed E-state index contributed by atoms with van der Waals surface area (Å²) < 4.78 is 13.6. The van der Waals surface area contributed by atoms with Gasteiger partial charge in [-0.3, -0.25) is 0 Å². The first-order chi connectivity index (χ1) is 9.11. The van der Waals surface area contributed by atoms with Crippen LogP contribution in [0.25, 0.3) is 0 Å². The van der Waals surface area contributed by atoms with Crippen LogP contribution in [-0.2, 0) is 0 Å². The van der Waals surface area contributed by atoms with Crippen molar-refractivity contribution >= 4 is 17.3 Å². The van der Waals surface area contributed by atoms with E-state index in [0.29, 0.717) is 12.0 Å². The molecular formula is C15H22ClFN2. The Balaban J connectivity index is 2.15. The standard InChI is InChI=1S/C15H22ClFN2/c1-3-11(2)15-10-19(8-4-7-18-15)12-5-6-13(16)14(17)9-12/h5-6,9,11,15,18H,3-4,7-8,10H2,1-2H3. The van der Waals surface area contributed by atoms with Gasteiger partial charge < -0.3 is 10.2 Å². The van der Waals surface area contributed by atoms with E-state index >= 15 is 0 Å². The average molecular weight is 285 g/mol. The first-order valence-electron chi connectivity index (χ1n) is 7.05. The van der Waals surface area contributed by atoms with Gasteiger partial charge in [-0.25, -0.2) is 4.39 Å². The van der Waals surface area contributed by atoms with Crippen LogP contribution in [0.3, 0.4) is 0 Å². The number of nitrogens with one attached hydrogen (secondary N) is 1. The molecule has 2 nitrogen and oxygen atoms in total. The Kier molecular flexibility index (Phi) is 5.06. The Bertz CT molecular complexity index is 425. The van der Waals surface area contributed by atoms with E-state index in [1.54, 1.807) is 12.1 Å². The highest BCUT2D eigenvalue weighted by Gasteiger charge is 2.22. The third-order valence-corrected chi connectivity index (χ3v) is 4.33. The monoisotopic (exact) mass is 284 g/mol. The number of rotatable bonds is 3. The van der Waals surface area contributed by atoms with Crippen LogP contribution in [-0.4, -0.2) is 25.7 Å². The lowest BCUT2D eigenvalue weighted by Gasteiger charge is -2.29. The first-order valence-corrected chi connectivity index (χ1v) is 7.43. The van der Waals surface area contributed by atoms with Gasteiger partial charge in [0.25, 0.3) is 0 Å². The molecule has 4 heteroatoms. The number of anilines is 1. The summed E-state index contributed by atoms with van der Waals surface area (Å²) in [6.07, 6.45) is 2.23. The fourth-order valence-electron chi connectivity index (χ4n) is 2.53. The molecule has 1 aromatic rings. The predicted octanol–water partition coefficient (Wildman–Crippen LogP) is 3.69. The molecule has 0 spiro atoms. The van der Waals surface area contributed by atoms with Gasteiger partial charge in [-0.15, -0.1) is 0 Å². The molecule has 2 rings (SSSR count). The molecule has 1 N–H and O–H groups in total.